The minimum atomic E-state index is 0.183. The summed E-state index contributed by atoms with van der Waals surface area (Å²) in [7, 11) is 0. The van der Waals surface area contributed by atoms with Gasteiger partial charge in [-0.2, -0.15) is 0 Å². The Labute approximate surface area is 116 Å². The van der Waals surface area contributed by atoms with E-state index in [0.717, 1.165) is 13.2 Å². The molecule has 1 heterocycles. The molecule has 1 aromatic carbocycles. The smallest absolute Gasteiger partial charge is 0.0933 e. The molecule has 2 rings (SSSR count). The van der Waals surface area contributed by atoms with Gasteiger partial charge < -0.3 is 14.8 Å². The van der Waals surface area contributed by atoms with E-state index in [4.69, 9.17) is 9.47 Å². The summed E-state index contributed by atoms with van der Waals surface area (Å²) in [5.74, 6) is 0. The standard InChI is InChI=1S/C16H25NO2/c1-11-7-12(2)16(13(3)8-11)14(4)17-9-15-10-18-5-6-19-15/h7-8,14-15,17H,5-6,9-10H2,1-4H3. The molecule has 0 bridgehead atoms. The van der Waals surface area contributed by atoms with Crippen molar-refractivity contribution in [1.82, 2.24) is 5.32 Å². The van der Waals surface area contributed by atoms with Crippen LogP contribution in [0.5, 0.6) is 0 Å². The summed E-state index contributed by atoms with van der Waals surface area (Å²) in [6, 6.07) is 4.84. The topological polar surface area (TPSA) is 30.5 Å². The molecule has 1 N–H and O–H groups in total. The molecule has 0 saturated carbocycles. The van der Waals surface area contributed by atoms with Crippen molar-refractivity contribution in [2.24, 2.45) is 0 Å². The molecule has 0 aliphatic carbocycles. The van der Waals surface area contributed by atoms with Crippen LogP contribution in [0.3, 0.4) is 0 Å². The van der Waals surface area contributed by atoms with E-state index in [1.807, 2.05) is 0 Å². The van der Waals surface area contributed by atoms with Gasteiger partial charge in [-0.25, -0.2) is 0 Å². The summed E-state index contributed by atoms with van der Waals surface area (Å²) < 4.78 is 11.1. The molecule has 1 aromatic rings. The van der Waals surface area contributed by atoms with Gasteiger partial charge in [-0.15, -0.1) is 0 Å². The van der Waals surface area contributed by atoms with Crippen LogP contribution in [-0.2, 0) is 9.47 Å². The number of rotatable bonds is 4. The average molecular weight is 263 g/mol. The number of benzene rings is 1. The third kappa shape index (κ3) is 3.78. The van der Waals surface area contributed by atoms with Gasteiger partial charge in [0.05, 0.1) is 25.9 Å². The van der Waals surface area contributed by atoms with Gasteiger partial charge in [-0.1, -0.05) is 17.7 Å². The quantitative estimate of drug-likeness (QED) is 0.906. The number of aryl methyl sites for hydroxylation is 3. The van der Waals surface area contributed by atoms with Gasteiger partial charge in [-0.05, 0) is 44.4 Å². The molecule has 0 radical (unpaired) electrons. The van der Waals surface area contributed by atoms with Gasteiger partial charge in [0.15, 0.2) is 0 Å². The Morgan fingerprint density at radius 3 is 2.47 bits per heavy atom. The summed E-state index contributed by atoms with van der Waals surface area (Å²) in [6.45, 7) is 11.7. The summed E-state index contributed by atoms with van der Waals surface area (Å²) >= 11 is 0. The summed E-state index contributed by atoms with van der Waals surface area (Å²) in [5, 5.41) is 3.56. The normalized spacial score (nSPS) is 21.4. The Kier molecular flexibility index (Phi) is 4.97. The molecule has 2 atom stereocenters. The van der Waals surface area contributed by atoms with Crippen molar-refractivity contribution in [1.29, 1.82) is 0 Å². The highest BCUT2D eigenvalue weighted by Crippen LogP contribution is 2.23. The van der Waals surface area contributed by atoms with E-state index in [1.54, 1.807) is 0 Å². The zero-order valence-electron chi connectivity index (χ0n) is 12.5. The lowest BCUT2D eigenvalue weighted by Crippen LogP contribution is -2.38. The molecule has 2 unspecified atom stereocenters. The van der Waals surface area contributed by atoms with Crippen LogP contribution in [0.2, 0.25) is 0 Å². The average Bonchev–Trinajstić information content (AvgIpc) is 2.36. The minimum absolute atomic E-state index is 0.183. The number of hydrogen-bond acceptors (Lipinski definition) is 3. The maximum atomic E-state index is 5.66. The summed E-state index contributed by atoms with van der Waals surface area (Å²) in [4.78, 5) is 0. The van der Waals surface area contributed by atoms with Crippen molar-refractivity contribution >= 4 is 0 Å². The predicted molar refractivity (Wildman–Crippen MR) is 77.6 cm³/mol. The molecule has 0 spiro atoms. The van der Waals surface area contributed by atoms with Crippen molar-refractivity contribution in [3.05, 3.63) is 34.4 Å². The van der Waals surface area contributed by atoms with Gasteiger partial charge in [0.2, 0.25) is 0 Å². The molecule has 1 fully saturated rings. The second-order valence-corrected chi connectivity index (χ2v) is 5.51. The highest BCUT2D eigenvalue weighted by Gasteiger charge is 2.17. The molecule has 1 aliphatic rings. The third-order valence-corrected chi connectivity index (χ3v) is 3.71. The van der Waals surface area contributed by atoms with Crippen LogP contribution in [0.25, 0.3) is 0 Å². The molecular formula is C16H25NO2. The highest BCUT2D eigenvalue weighted by atomic mass is 16.6. The van der Waals surface area contributed by atoms with Crippen LogP contribution in [0, 0.1) is 20.8 Å². The molecule has 1 aliphatic heterocycles. The Bertz CT molecular complexity index is 402. The van der Waals surface area contributed by atoms with Crippen LogP contribution >= 0.6 is 0 Å². The third-order valence-electron chi connectivity index (χ3n) is 3.71. The minimum Gasteiger partial charge on any atom is -0.376 e. The van der Waals surface area contributed by atoms with Gasteiger partial charge in [-0.3, -0.25) is 0 Å². The number of nitrogens with one attached hydrogen (secondary N) is 1. The fourth-order valence-electron chi connectivity index (χ4n) is 2.94. The fourth-order valence-corrected chi connectivity index (χ4v) is 2.94. The monoisotopic (exact) mass is 263 g/mol. The van der Waals surface area contributed by atoms with Gasteiger partial charge in [0.25, 0.3) is 0 Å². The largest absolute Gasteiger partial charge is 0.376 e. The first kappa shape index (κ1) is 14.5. The van der Waals surface area contributed by atoms with Crippen LogP contribution in [0.1, 0.15) is 35.2 Å². The molecule has 19 heavy (non-hydrogen) atoms. The lowest BCUT2D eigenvalue weighted by Gasteiger charge is -2.26. The van der Waals surface area contributed by atoms with Crippen molar-refractivity contribution in [2.75, 3.05) is 26.4 Å². The molecule has 0 aromatic heterocycles. The lowest BCUT2D eigenvalue weighted by molar-refractivity contribution is -0.0869. The van der Waals surface area contributed by atoms with E-state index < -0.39 is 0 Å². The Morgan fingerprint density at radius 2 is 1.89 bits per heavy atom. The van der Waals surface area contributed by atoms with Crippen LogP contribution < -0.4 is 5.32 Å². The van der Waals surface area contributed by atoms with Crippen molar-refractivity contribution in [3.8, 4) is 0 Å². The van der Waals surface area contributed by atoms with Crippen molar-refractivity contribution in [3.63, 3.8) is 0 Å². The Morgan fingerprint density at radius 1 is 1.21 bits per heavy atom. The SMILES string of the molecule is Cc1cc(C)c(C(C)NCC2COCCO2)c(C)c1. The van der Waals surface area contributed by atoms with Crippen molar-refractivity contribution < 1.29 is 9.47 Å². The first-order chi connectivity index (χ1) is 9.08. The molecule has 3 nitrogen and oxygen atoms in total. The van der Waals surface area contributed by atoms with E-state index in [9.17, 15) is 0 Å². The van der Waals surface area contributed by atoms with E-state index in [-0.39, 0.29) is 6.10 Å². The van der Waals surface area contributed by atoms with E-state index in [2.05, 4.69) is 45.1 Å². The Balaban J connectivity index is 1.97. The fraction of sp³-hybridized carbons (Fsp3) is 0.625. The first-order valence-corrected chi connectivity index (χ1v) is 7.08. The first-order valence-electron chi connectivity index (χ1n) is 7.08. The zero-order chi connectivity index (χ0) is 13.8. The second kappa shape index (κ2) is 6.51. The van der Waals surface area contributed by atoms with Gasteiger partial charge >= 0.3 is 0 Å². The van der Waals surface area contributed by atoms with Crippen LogP contribution in [0.15, 0.2) is 12.1 Å². The molecule has 3 heteroatoms. The van der Waals surface area contributed by atoms with Crippen LogP contribution in [0.4, 0.5) is 0 Å². The summed E-state index contributed by atoms with van der Waals surface area (Å²) in [5.41, 5.74) is 5.45. The second-order valence-electron chi connectivity index (χ2n) is 5.51. The number of hydrogen-bond donors (Lipinski definition) is 1. The maximum absolute atomic E-state index is 5.66. The maximum Gasteiger partial charge on any atom is 0.0933 e. The number of ether oxygens (including phenoxy) is 2. The Hall–Kier alpha value is -0.900. The summed E-state index contributed by atoms with van der Waals surface area (Å²) in [6.07, 6.45) is 0.183. The lowest BCUT2D eigenvalue weighted by atomic mass is 9.95. The zero-order valence-corrected chi connectivity index (χ0v) is 12.5. The molecule has 0 amide bonds. The van der Waals surface area contributed by atoms with Crippen LogP contribution in [-0.4, -0.2) is 32.5 Å². The van der Waals surface area contributed by atoms with E-state index in [1.165, 1.54) is 22.3 Å². The van der Waals surface area contributed by atoms with E-state index >= 15 is 0 Å². The van der Waals surface area contributed by atoms with Gasteiger partial charge in [0, 0.05) is 12.6 Å². The van der Waals surface area contributed by atoms with E-state index in [0.29, 0.717) is 19.3 Å². The molecule has 1 saturated heterocycles. The molecule has 106 valence electrons. The molecular weight excluding hydrogens is 238 g/mol. The van der Waals surface area contributed by atoms with Gasteiger partial charge in [0.1, 0.15) is 0 Å². The highest BCUT2D eigenvalue weighted by molar-refractivity contribution is 5.39. The predicted octanol–water partition coefficient (Wildman–Crippen LogP) is 2.68. The van der Waals surface area contributed by atoms with Crippen molar-refractivity contribution in [2.45, 2.75) is 39.8 Å².